The molecule has 0 saturated carbocycles. The van der Waals surface area contributed by atoms with E-state index in [1.165, 1.54) is 18.3 Å². The number of hydrogen-bond donors (Lipinski definition) is 1. The molecule has 2 aromatic heterocycles. The van der Waals surface area contributed by atoms with Gasteiger partial charge in [-0.2, -0.15) is 0 Å². The van der Waals surface area contributed by atoms with Crippen molar-refractivity contribution in [3.05, 3.63) is 36.3 Å². The molecule has 0 aliphatic carbocycles. The van der Waals surface area contributed by atoms with Gasteiger partial charge in [-0.05, 0) is 13.0 Å². The molecule has 0 N–H and O–H groups in total. The Hall–Kier alpha value is -2.52. The molecule has 0 saturated heterocycles. The Morgan fingerprint density at radius 3 is 2.73 bits per heavy atom. The number of para-hydroxylation sites is 1. The van der Waals surface area contributed by atoms with Crippen LogP contribution in [0.5, 0.6) is 10.8 Å². The zero-order valence-electron chi connectivity index (χ0n) is 14.1. The molecule has 0 radical (unpaired) electrons. The van der Waals surface area contributed by atoms with Gasteiger partial charge in [0.15, 0.2) is 5.06 Å². The topological polar surface area (TPSA) is 95.5 Å². The van der Waals surface area contributed by atoms with Crippen molar-refractivity contribution in [3.63, 3.8) is 0 Å². The van der Waals surface area contributed by atoms with Crippen LogP contribution in [0.2, 0.25) is 0 Å². The lowest BCUT2D eigenvalue weighted by molar-refractivity contribution is -0.131. The van der Waals surface area contributed by atoms with Crippen molar-refractivity contribution >= 4 is 38.2 Å². The zero-order valence-corrected chi connectivity index (χ0v) is 15.8. The van der Waals surface area contributed by atoms with Crippen molar-refractivity contribution in [1.82, 2.24) is 9.97 Å². The number of benzene rings is 1. The van der Waals surface area contributed by atoms with Crippen LogP contribution in [0.1, 0.15) is 19.7 Å². The van der Waals surface area contributed by atoms with E-state index in [-0.39, 0.29) is 11.6 Å². The quantitative estimate of drug-likeness (QED) is 0.509. The van der Waals surface area contributed by atoms with Gasteiger partial charge in [0.2, 0.25) is 0 Å². The summed E-state index contributed by atoms with van der Waals surface area (Å²) in [5, 5.41) is 0.373. The smallest absolute Gasteiger partial charge is 0.308 e. The Bertz CT molecular complexity index is 1030. The number of thiol groups is 1. The van der Waals surface area contributed by atoms with Crippen LogP contribution in [0.3, 0.4) is 0 Å². The molecule has 0 bridgehead atoms. The predicted octanol–water partition coefficient (Wildman–Crippen LogP) is 2.79. The Kier molecular flexibility index (Phi) is 5.48. The summed E-state index contributed by atoms with van der Waals surface area (Å²) in [6.07, 6.45) is 1.54. The number of carbonyl (C=O) groups is 1. The maximum atomic E-state index is 11.5. The average molecular weight is 392 g/mol. The third kappa shape index (κ3) is 3.83. The fraction of sp³-hybridized carbons (Fsp3) is 0.235. The van der Waals surface area contributed by atoms with Crippen LogP contribution in [0.15, 0.2) is 30.5 Å². The second-order valence-electron chi connectivity index (χ2n) is 5.28. The lowest BCUT2D eigenvalue weighted by Crippen LogP contribution is -2.02. The summed E-state index contributed by atoms with van der Waals surface area (Å²) in [5.74, 6) is 0.105. The Morgan fingerprint density at radius 1 is 1.27 bits per heavy atom. The first kappa shape index (κ1) is 18.3. The van der Waals surface area contributed by atoms with E-state index in [1.54, 1.807) is 6.20 Å². The molecule has 0 amide bonds. The minimum absolute atomic E-state index is 0.191. The summed E-state index contributed by atoms with van der Waals surface area (Å²) < 4.78 is 33.8. The SMILES string of the molecule is CCOc1ccccc1-c1c(OC(C)=O)sc2cnc(C[SH](=O)=O)nc12. The molecule has 3 aromatic rings. The summed E-state index contributed by atoms with van der Waals surface area (Å²) >= 11 is 1.23. The van der Waals surface area contributed by atoms with E-state index in [9.17, 15) is 13.2 Å². The maximum Gasteiger partial charge on any atom is 0.308 e. The van der Waals surface area contributed by atoms with E-state index in [0.29, 0.717) is 38.8 Å². The summed E-state index contributed by atoms with van der Waals surface area (Å²) in [6.45, 7) is 3.67. The van der Waals surface area contributed by atoms with Crippen molar-refractivity contribution < 1.29 is 22.7 Å². The molecule has 7 nitrogen and oxygen atoms in total. The van der Waals surface area contributed by atoms with Gasteiger partial charge in [-0.25, -0.2) is 18.4 Å². The molecular formula is C17H16N2O5S2. The predicted molar refractivity (Wildman–Crippen MR) is 99.3 cm³/mol. The molecule has 0 unspecified atom stereocenters. The normalized spacial score (nSPS) is 11.0. The molecule has 0 aliphatic rings. The largest absolute Gasteiger partial charge is 0.493 e. The van der Waals surface area contributed by atoms with E-state index < -0.39 is 16.7 Å². The molecule has 9 heteroatoms. The molecule has 0 atom stereocenters. The van der Waals surface area contributed by atoms with Crippen LogP contribution in [0.4, 0.5) is 0 Å². The van der Waals surface area contributed by atoms with Crippen molar-refractivity contribution in [2.75, 3.05) is 6.61 Å². The van der Waals surface area contributed by atoms with E-state index in [1.807, 2.05) is 31.2 Å². The summed E-state index contributed by atoms with van der Waals surface area (Å²) in [7, 11) is -2.65. The average Bonchev–Trinajstić information content (AvgIpc) is 2.91. The molecule has 1 aromatic carbocycles. The fourth-order valence-corrected chi connectivity index (χ4v) is 3.90. The highest BCUT2D eigenvalue weighted by Gasteiger charge is 2.22. The van der Waals surface area contributed by atoms with E-state index in [4.69, 9.17) is 9.47 Å². The first-order valence-electron chi connectivity index (χ1n) is 7.80. The number of nitrogens with zero attached hydrogens (tertiary/aromatic N) is 2. The highest BCUT2D eigenvalue weighted by Crippen LogP contribution is 2.46. The third-order valence-electron chi connectivity index (χ3n) is 3.41. The number of fused-ring (bicyclic) bond motifs is 1. The van der Waals surface area contributed by atoms with Gasteiger partial charge in [0.1, 0.15) is 28.0 Å². The zero-order chi connectivity index (χ0) is 18.7. The molecule has 0 aliphatic heterocycles. The Balaban J connectivity index is 2.27. The van der Waals surface area contributed by atoms with Crippen LogP contribution in [-0.2, 0) is 21.3 Å². The van der Waals surface area contributed by atoms with E-state index >= 15 is 0 Å². The monoisotopic (exact) mass is 392 g/mol. The van der Waals surface area contributed by atoms with Crippen LogP contribution in [-0.4, -0.2) is 31.0 Å². The van der Waals surface area contributed by atoms with E-state index in [2.05, 4.69) is 9.97 Å². The molecular weight excluding hydrogens is 376 g/mol. The van der Waals surface area contributed by atoms with Gasteiger partial charge in [-0.3, -0.25) is 4.79 Å². The van der Waals surface area contributed by atoms with Gasteiger partial charge in [-0.1, -0.05) is 29.5 Å². The molecule has 3 rings (SSSR count). The number of esters is 1. The number of ether oxygens (including phenoxy) is 2. The van der Waals surface area contributed by atoms with Gasteiger partial charge in [0.25, 0.3) is 0 Å². The molecule has 26 heavy (non-hydrogen) atoms. The van der Waals surface area contributed by atoms with Crippen LogP contribution >= 0.6 is 11.3 Å². The van der Waals surface area contributed by atoms with Crippen LogP contribution < -0.4 is 9.47 Å². The lowest BCUT2D eigenvalue weighted by Gasteiger charge is -2.11. The highest BCUT2D eigenvalue weighted by molar-refractivity contribution is 7.71. The van der Waals surface area contributed by atoms with Gasteiger partial charge >= 0.3 is 5.97 Å². The molecule has 0 fully saturated rings. The number of thiophene rings is 1. The van der Waals surface area contributed by atoms with Crippen molar-refractivity contribution in [2.45, 2.75) is 19.6 Å². The number of hydrogen-bond acceptors (Lipinski definition) is 8. The minimum atomic E-state index is -2.65. The van der Waals surface area contributed by atoms with Gasteiger partial charge in [0.05, 0.1) is 22.4 Å². The molecule has 0 spiro atoms. The Labute approximate surface area is 155 Å². The van der Waals surface area contributed by atoms with Crippen LogP contribution in [0, 0.1) is 0 Å². The van der Waals surface area contributed by atoms with Gasteiger partial charge < -0.3 is 9.47 Å². The standard InChI is InChI=1S/C17H16N2O5S2/c1-3-23-12-7-5-4-6-11(12)15-16-13(25-17(15)24-10(2)20)8-18-14(19-16)9-26(21)22/h4-8,26H,3,9H2,1-2H3. The van der Waals surface area contributed by atoms with Crippen LogP contribution in [0.25, 0.3) is 21.3 Å². The van der Waals surface area contributed by atoms with Gasteiger partial charge in [0, 0.05) is 18.7 Å². The first-order chi connectivity index (χ1) is 12.5. The van der Waals surface area contributed by atoms with Crippen molar-refractivity contribution in [2.24, 2.45) is 0 Å². The lowest BCUT2D eigenvalue weighted by atomic mass is 10.1. The van der Waals surface area contributed by atoms with E-state index in [0.717, 1.165) is 0 Å². The number of rotatable bonds is 6. The van der Waals surface area contributed by atoms with Gasteiger partial charge in [-0.15, -0.1) is 0 Å². The first-order valence-corrected chi connectivity index (χ1v) is 9.98. The second kappa shape index (κ2) is 7.79. The summed E-state index contributed by atoms with van der Waals surface area (Å²) in [4.78, 5) is 20.0. The highest BCUT2D eigenvalue weighted by atomic mass is 32.2. The minimum Gasteiger partial charge on any atom is -0.493 e. The van der Waals surface area contributed by atoms with Crippen molar-refractivity contribution in [1.29, 1.82) is 0 Å². The number of carbonyl (C=O) groups excluding carboxylic acids is 1. The summed E-state index contributed by atoms with van der Waals surface area (Å²) in [6, 6.07) is 7.35. The second-order valence-corrected chi connectivity index (χ2v) is 7.27. The number of aromatic nitrogens is 2. The fourth-order valence-electron chi connectivity index (χ4n) is 2.49. The third-order valence-corrected chi connectivity index (χ3v) is 4.94. The van der Waals surface area contributed by atoms with Crippen molar-refractivity contribution in [3.8, 4) is 21.9 Å². The Morgan fingerprint density at radius 2 is 2.04 bits per heavy atom. The maximum absolute atomic E-state index is 11.5. The molecule has 2 heterocycles. The summed E-state index contributed by atoms with van der Waals surface area (Å²) in [5.41, 5.74) is 1.84. The molecule has 136 valence electrons.